The smallest absolute Gasteiger partial charge is 0.0809 e. The van der Waals surface area contributed by atoms with E-state index in [2.05, 4.69) is 60.5 Å². The van der Waals surface area contributed by atoms with Gasteiger partial charge in [0.15, 0.2) is 0 Å². The van der Waals surface area contributed by atoms with Crippen molar-refractivity contribution in [2.75, 3.05) is 0 Å². The molecule has 0 spiro atoms. The molecule has 1 N–H and O–H groups in total. The molecular formula is C15H19Cl2NSiZr-4. The van der Waals surface area contributed by atoms with Gasteiger partial charge in [-0.1, -0.05) is 6.07 Å². The summed E-state index contributed by atoms with van der Waals surface area (Å²) in [5.74, 6) is 0. The predicted molar refractivity (Wildman–Crippen MR) is 92.2 cm³/mol. The molecule has 20 heavy (non-hydrogen) atoms. The van der Waals surface area contributed by atoms with Crippen LogP contribution < -0.4 is 0 Å². The number of hydrogen-bond acceptors (Lipinski definition) is 0. The first-order valence-corrected chi connectivity index (χ1v) is 9.00. The van der Waals surface area contributed by atoms with E-state index in [9.17, 15) is 0 Å². The van der Waals surface area contributed by atoms with Gasteiger partial charge in [-0.05, 0) is 0 Å². The molecule has 3 aromatic rings. The first kappa shape index (κ1) is 28.0. The number of aromatic amines is 1. The van der Waals surface area contributed by atoms with E-state index in [-0.39, 0.29) is 39.7 Å². The van der Waals surface area contributed by atoms with Crippen LogP contribution in [0.1, 0.15) is 0 Å². The quantitative estimate of drug-likeness (QED) is 0.412. The third-order valence-electron chi connectivity index (χ3n) is 1.99. The molecule has 2 aromatic carbocycles. The standard InChI is InChI=1S/C9H7.C4H4N.2CH3.2ClH.Si.Zr/c1-2-5-9-7-3-6-8(9)4-1;1-2-4-5-3-1;;;;;;/h1-7H;1-3,5H;2*1H3;2*1H;;/q4*-1;;;;. The Morgan fingerprint density at radius 3 is 2.10 bits per heavy atom. The van der Waals surface area contributed by atoms with Crippen LogP contribution in [0.3, 0.4) is 0 Å². The second-order valence-electron chi connectivity index (χ2n) is 2.97. The Balaban J connectivity index is -0.000000104. The Morgan fingerprint density at radius 1 is 1.00 bits per heavy atom. The minimum atomic E-state index is 0. The van der Waals surface area contributed by atoms with Gasteiger partial charge in [0.25, 0.3) is 0 Å². The molecule has 110 valence electrons. The van der Waals surface area contributed by atoms with Gasteiger partial charge in [0, 0.05) is 0 Å². The second kappa shape index (κ2) is 18.8. The van der Waals surface area contributed by atoms with Gasteiger partial charge in [-0.25, -0.2) is 0 Å². The Labute approximate surface area is 151 Å². The van der Waals surface area contributed by atoms with Crippen molar-refractivity contribution < 1.29 is 23.3 Å². The summed E-state index contributed by atoms with van der Waals surface area (Å²) in [5, 5.41) is 2.66. The summed E-state index contributed by atoms with van der Waals surface area (Å²) in [5.41, 5.74) is 0. The Kier molecular flexibility index (Phi) is 26.3. The molecule has 1 aromatic heterocycles. The number of halogens is 2. The fraction of sp³-hybridized carbons (Fsp3) is 0. The molecule has 1 nitrogen and oxygen atoms in total. The van der Waals surface area contributed by atoms with E-state index in [1.165, 1.54) is 34.1 Å². The minimum Gasteiger partial charge on any atom is -0.484 e. The zero-order valence-electron chi connectivity index (χ0n) is 11.6. The number of benzene rings is 1. The summed E-state index contributed by atoms with van der Waals surface area (Å²) in [6.45, 7) is 3.06. The number of fused-ring (bicyclic) bond motifs is 1. The number of H-pyrrole nitrogens is 1. The van der Waals surface area contributed by atoms with Crippen LogP contribution in [0.25, 0.3) is 10.8 Å². The van der Waals surface area contributed by atoms with E-state index in [1.807, 2.05) is 18.3 Å². The SMILES string of the molecule is Cl.Cl.[CH3-].[CH3-].[Si]=[Zr].[c-]1ccc[nH]1.c1ccc2[cH-]ccc2c1. The van der Waals surface area contributed by atoms with Crippen molar-refractivity contribution in [3.63, 3.8) is 0 Å². The fourth-order valence-corrected chi connectivity index (χ4v) is 1.31. The van der Waals surface area contributed by atoms with Gasteiger partial charge in [0.1, 0.15) is 0 Å². The molecule has 0 amide bonds. The zero-order chi connectivity index (χ0) is 11.6. The molecule has 0 unspecified atom stereocenters. The first-order chi connectivity index (χ1) is 7.97. The van der Waals surface area contributed by atoms with Crippen LogP contribution >= 0.6 is 24.8 Å². The van der Waals surface area contributed by atoms with Crippen molar-refractivity contribution in [3.05, 3.63) is 81.8 Å². The van der Waals surface area contributed by atoms with Gasteiger partial charge in [0.05, 0.1) is 0 Å². The van der Waals surface area contributed by atoms with Gasteiger partial charge in [-0.2, -0.15) is 35.8 Å². The fourth-order valence-electron chi connectivity index (χ4n) is 1.31. The van der Waals surface area contributed by atoms with Gasteiger partial charge < -0.3 is 19.8 Å². The van der Waals surface area contributed by atoms with Crippen LogP contribution in [0.2, 0.25) is 0 Å². The maximum absolute atomic E-state index is 3.06. The monoisotopic (exact) mass is 401 g/mol. The van der Waals surface area contributed by atoms with Crippen LogP contribution in [0.4, 0.5) is 0 Å². The molecular weight excluding hydrogens is 384 g/mol. The van der Waals surface area contributed by atoms with E-state index in [4.69, 9.17) is 0 Å². The minimum absolute atomic E-state index is 0. The van der Waals surface area contributed by atoms with E-state index >= 15 is 0 Å². The molecule has 2 radical (unpaired) electrons. The Morgan fingerprint density at radius 2 is 1.65 bits per heavy atom. The van der Waals surface area contributed by atoms with E-state index in [0.717, 1.165) is 0 Å². The van der Waals surface area contributed by atoms with Crippen molar-refractivity contribution in [1.29, 1.82) is 0 Å². The summed E-state index contributed by atoms with van der Waals surface area (Å²) < 4.78 is 0. The maximum atomic E-state index is 3.06. The number of hydrogen-bond donors (Lipinski definition) is 1. The molecule has 0 aliphatic rings. The van der Waals surface area contributed by atoms with Crippen LogP contribution in [-0.2, 0) is 23.3 Å². The second-order valence-corrected chi connectivity index (χ2v) is 2.97. The van der Waals surface area contributed by atoms with Crippen molar-refractivity contribution >= 4 is 42.5 Å². The van der Waals surface area contributed by atoms with Crippen molar-refractivity contribution in [2.24, 2.45) is 0 Å². The largest absolute Gasteiger partial charge is 0.484 e. The van der Waals surface area contributed by atoms with Crippen LogP contribution in [-0.4, -0.2) is 11.9 Å². The molecule has 0 saturated heterocycles. The normalized spacial score (nSPS) is 6.75. The Hall–Kier alpha value is -0.210. The average Bonchev–Trinajstić information content (AvgIpc) is 3.06. The van der Waals surface area contributed by atoms with Gasteiger partial charge in [-0.3, -0.25) is 0 Å². The van der Waals surface area contributed by atoms with Gasteiger partial charge in [-0.15, -0.1) is 60.7 Å². The molecule has 5 heteroatoms. The maximum Gasteiger partial charge on any atom is -0.0809 e. The average molecular weight is 404 g/mol. The summed E-state index contributed by atoms with van der Waals surface area (Å²) in [7, 11) is 0. The van der Waals surface area contributed by atoms with Crippen LogP contribution in [0, 0.1) is 21.1 Å². The zero-order valence-corrected chi connectivity index (χ0v) is 16.7. The number of rotatable bonds is 0. The van der Waals surface area contributed by atoms with Crippen molar-refractivity contribution in [1.82, 2.24) is 4.98 Å². The van der Waals surface area contributed by atoms with E-state index in [0.29, 0.717) is 0 Å². The molecule has 0 bridgehead atoms. The molecule has 0 fully saturated rings. The van der Waals surface area contributed by atoms with Crippen LogP contribution in [0.15, 0.2) is 60.8 Å². The molecule has 3 rings (SSSR count). The third-order valence-corrected chi connectivity index (χ3v) is 1.99. The molecule has 0 saturated carbocycles. The summed E-state index contributed by atoms with van der Waals surface area (Å²) in [4.78, 5) is 2.74. The van der Waals surface area contributed by atoms with E-state index in [1.54, 1.807) is 0 Å². The summed E-state index contributed by atoms with van der Waals surface area (Å²) in [6.07, 6.45) is 4.56. The van der Waals surface area contributed by atoms with Crippen molar-refractivity contribution in [3.8, 4) is 0 Å². The molecule has 0 aliphatic heterocycles. The molecule has 0 aliphatic carbocycles. The topological polar surface area (TPSA) is 15.8 Å². The first-order valence-electron chi connectivity index (χ1n) is 4.82. The number of nitrogens with one attached hydrogen (secondary N) is 1. The third kappa shape index (κ3) is 10.6. The number of aromatic nitrogens is 1. The van der Waals surface area contributed by atoms with Gasteiger partial charge in [0.2, 0.25) is 0 Å². The summed E-state index contributed by atoms with van der Waals surface area (Å²) in [6, 6.07) is 18.4. The van der Waals surface area contributed by atoms with Crippen molar-refractivity contribution in [2.45, 2.75) is 0 Å². The molecule has 1 heterocycles. The summed E-state index contributed by atoms with van der Waals surface area (Å²) >= 11 is 1.36. The molecule has 0 atom stereocenters. The van der Waals surface area contributed by atoms with Gasteiger partial charge >= 0.3 is 30.2 Å². The van der Waals surface area contributed by atoms with E-state index < -0.39 is 0 Å². The Bertz CT molecular complexity index is 450. The van der Waals surface area contributed by atoms with Crippen LogP contribution in [0.5, 0.6) is 0 Å². The predicted octanol–water partition coefficient (Wildman–Crippen LogP) is 4.73.